The van der Waals surface area contributed by atoms with Crippen LogP contribution >= 0.6 is 11.3 Å². The zero-order valence-electron chi connectivity index (χ0n) is 13.7. The Morgan fingerprint density at radius 2 is 1.78 bits per heavy atom. The van der Waals surface area contributed by atoms with Crippen LogP contribution in [0.5, 0.6) is 0 Å². The van der Waals surface area contributed by atoms with Crippen molar-refractivity contribution >= 4 is 22.4 Å². The number of halogens is 2. The summed E-state index contributed by atoms with van der Waals surface area (Å²) >= 11 is 0.964. The highest BCUT2D eigenvalue weighted by molar-refractivity contribution is 7.15. The monoisotopic (exact) mass is 383 g/mol. The Labute approximate surface area is 154 Å². The lowest BCUT2D eigenvalue weighted by molar-refractivity contribution is 0.625. The molecular formula is C19H11F2N3O2S. The van der Waals surface area contributed by atoms with E-state index in [-0.39, 0.29) is 33.0 Å². The Hall–Kier alpha value is -3.26. The van der Waals surface area contributed by atoms with Crippen LogP contribution in [0.4, 0.5) is 8.78 Å². The van der Waals surface area contributed by atoms with Gasteiger partial charge in [0.05, 0.1) is 4.53 Å². The highest BCUT2D eigenvalue weighted by atomic mass is 32.1. The van der Waals surface area contributed by atoms with Gasteiger partial charge in [-0.05, 0) is 29.8 Å². The lowest BCUT2D eigenvalue weighted by Crippen LogP contribution is -2.28. The third-order valence-electron chi connectivity index (χ3n) is 3.93. The van der Waals surface area contributed by atoms with Gasteiger partial charge in [0, 0.05) is 12.0 Å². The van der Waals surface area contributed by atoms with E-state index in [0.29, 0.717) is 5.56 Å². The van der Waals surface area contributed by atoms with Gasteiger partial charge in [-0.15, -0.1) is 0 Å². The van der Waals surface area contributed by atoms with Crippen LogP contribution in [0.1, 0.15) is 16.8 Å². The van der Waals surface area contributed by atoms with Crippen molar-refractivity contribution in [2.75, 3.05) is 0 Å². The average molecular weight is 383 g/mol. The first-order valence-corrected chi connectivity index (χ1v) is 8.76. The molecule has 134 valence electrons. The van der Waals surface area contributed by atoms with Crippen LogP contribution in [0.2, 0.25) is 0 Å². The first-order chi connectivity index (χ1) is 13.0. The summed E-state index contributed by atoms with van der Waals surface area (Å²) in [6.45, 7) is 0. The molecule has 0 aliphatic heterocycles. The smallest absolute Gasteiger partial charge is 0.266 e. The fourth-order valence-corrected chi connectivity index (χ4v) is 3.48. The molecular weight excluding hydrogens is 372 g/mol. The Morgan fingerprint density at radius 1 is 1.04 bits per heavy atom. The minimum atomic E-state index is -0.557. The zero-order valence-corrected chi connectivity index (χ0v) is 14.5. The van der Waals surface area contributed by atoms with Gasteiger partial charge in [0.1, 0.15) is 17.3 Å². The van der Waals surface area contributed by atoms with E-state index in [2.05, 4.69) is 10.1 Å². The minimum Gasteiger partial charge on any atom is -0.266 e. The number of rotatable bonds is 3. The largest absolute Gasteiger partial charge is 0.296 e. The summed E-state index contributed by atoms with van der Waals surface area (Å²) < 4.78 is 28.1. The summed E-state index contributed by atoms with van der Waals surface area (Å²) in [5, 5.41) is 4.11. The SMILES string of the molecule is O=c1nc2s/c(=C\c3ccccc3F)c(=O)n2nc1Cc1ccc(F)cc1. The number of thiazole rings is 1. The molecule has 0 aliphatic carbocycles. The summed E-state index contributed by atoms with van der Waals surface area (Å²) in [6, 6.07) is 11.7. The quantitative estimate of drug-likeness (QED) is 0.542. The van der Waals surface area contributed by atoms with Crippen molar-refractivity contribution in [3.63, 3.8) is 0 Å². The van der Waals surface area contributed by atoms with Gasteiger partial charge in [-0.3, -0.25) is 9.59 Å². The van der Waals surface area contributed by atoms with Crippen molar-refractivity contribution < 1.29 is 8.78 Å². The normalized spacial score (nSPS) is 12.0. The van der Waals surface area contributed by atoms with Crippen molar-refractivity contribution in [2.24, 2.45) is 0 Å². The summed E-state index contributed by atoms with van der Waals surface area (Å²) in [6.07, 6.45) is 1.53. The molecule has 5 nitrogen and oxygen atoms in total. The van der Waals surface area contributed by atoms with Crippen LogP contribution in [-0.4, -0.2) is 14.6 Å². The molecule has 0 spiro atoms. The van der Waals surface area contributed by atoms with E-state index >= 15 is 0 Å². The van der Waals surface area contributed by atoms with Gasteiger partial charge in [0.2, 0.25) is 4.96 Å². The second-order valence-corrected chi connectivity index (χ2v) is 6.81. The predicted molar refractivity (Wildman–Crippen MR) is 97.8 cm³/mol. The molecule has 4 aromatic rings. The summed E-state index contributed by atoms with van der Waals surface area (Å²) in [4.78, 5) is 28.8. The van der Waals surface area contributed by atoms with Crippen molar-refractivity contribution in [1.82, 2.24) is 14.6 Å². The number of hydrogen-bond acceptors (Lipinski definition) is 5. The lowest BCUT2D eigenvalue weighted by Gasteiger charge is -2.00. The molecule has 0 N–H and O–H groups in total. The highest BCUT2D eigenvalue weighted by Crippen LogP contribution is 2.08. The van der Waals surface area contributed by atoms with Gasteiger partial charge in [0.15, 0.2) is 0 Å². The minimum absolute atomic E-state index is 0.0754. The van der Waals surface area contributed by atoms with Crippen LogP contribution < -0.4 is 15.7 Å². The molecule has 0 atom stereocenters. The van der Waals surface area contributed by atoms with E-state index < -0.39 is 16.9 Å². The number of benzene rings is 2. The second-order valence-electron chi connectivity index (χ2n) is 5.80. The van der Waals surface area contributed by atoms with Crippen molar-refractivity contribution in [3.05, 3.63) is 102 Å². The Bertz CT molecular complexity index is 1310. The third-order valence-corrected chi connectivity index (χ3v) is 4.89. The molecule has 0 saturated heterocycles. The molecule has 27 heavy (non-hydrogen) atoms. The van der Waals surface area contributed by atoms with Crippen LogP contribution in [-0.2, 0) is 6.42 Å². The molecule has 4 rings (SSSR count). The molecule has 0 bridgehead atoms. The Balaban J connectivity index is 1.82. The molecule has 0 aliphatic rings. The number of nitrogens with zero attached hydrogens (tertiary/aromatic N) is 3. The molecule has 2 heterocycles. The van der Waals surface area contributed by atoms with Gasteiger partial charge in [0.25, 0.3) is 11.1 Å². The molecule has 0 radical (unpaired) electrons. The van der Waals surface area contributed by atoms with E-state index in [1.807, 2.05) is 0 Å². The Kier molecular flexibility index (Phi) is 4.33. The maximum absolute atomic E-state index is 13.8. The zero-order chi connectivity index (χ0) is 19.0. The van der Waals surface area contributed by atoms with E-state index in [1.165, 1.54) is 36.4 Å². The molecule has 2 aromatic heterocycles. The number of hydrogen-bond donors (Lipinski definition) is 0. The van der Waals surface area contributed by atoms with Crippen LogP contribution in [0.3, 0.4) is 0 Å². The van der Waals surface area contributed by atoms with E-state index in [4.69, 9.17) is 0 Å². The van der Waals surface area contributed by atoms with Crippen molar-refractivity contribution in [2.45, 2.75) is 6.42 Å². The first-order valence-electron chi connectivity index (χ1n) is 7.95. The van der Waals surface area contributed by atoms with E-state index in [1.54, 1.807) is 18.2 Å². The summed E-state index contributed by atoms with van der Waals surface area (Å²) in [7, 11) is 0. The van der Waals surface area contributed by atoms with E-state index in [0.717, 1.165) is 15.9 Å². The maximum atomic E-state index is 13.8. The van der Waals surface area contributed by atoms with Gasteiger partial charge in [-0.2, -0.15) is 14.6 Å². The second kappa shape index (κ2) is 6.81. The standard InChI is InChI=1S/C19H11F2N3O2S/c20-13-7-5-11(6-8-13)9-15-17(25)22-19-24(23-15)18(26)16(27-19)10-12-3-1-2-4-14(12)21/h1-8,10H,9H2/b16-10-. The van der Waals surface area contributed by atoms with Crippen LogP contribution in [0, 0.1) is 11.6 Å². The van der Waals surface area contributed by atoms with Gasteiger partial charge < -0.3 is 0 Å². The van der Waals surface area contributed by atoms with Crippen molar-refractivity contribution in [1.29, 1.82) is 0 Å². The van der Waals surface area contributed by atoms with Crippen LogP contribution in [0.25, 0.3) is 11.0 Å². The number of fused-ring (bicyclic) bond motifs is 1. The van der Waals surface area contributed by atoms with Gasteiger partial charge in [-0.1, -0.05) is 41.7 Å². The highest BCUT2D eigenvalue weighted by Gasteiger charge is 2.12. The topological polar surface area (TPSA) is 64.3 Å². The predicted octanol–water partition coefficient (Wildman–Crippen LogP) is 1.93. The fourth-order valence-electron chi connectivity index (χ4n) is 2.58. The number of aromatic nitrogens is 3. The third kappa shape index (κ3) is 3.39. The molecule has 0 fully saturated rings. The molecule has 2 aromatic carbocycles. The average Bonchev–Trinajstić information content (AvgIpc) is 2.94. The van der Waals surface area contributed by atoms with Crippen molar-refractivity contribution in [3.8, 4) is 0 Å². The summed E-state index contributed by atoms with van der Waals surface area (Å²) in [5.74, 6) is -0.841. The molecule has 8 heteroatoms. The maximum Gasteiger partial charge on any atom is 0.296 e. The lowest BCUT2D eigenvalue weighted by atomic mass is 10.1. The Morgan fingerprint density at radius 3 is 2.52 bits per heavy atom. The molecule has 0 unspecified atom stereocenters. The van der Waals surface area contributed by atoms with Gasteiger partial charge in [-0.25, -0.2) is 8.78 Å². The molecule has 0 saturated carbocycles. The first kappa shape index (κ1) is 17.2. The van der Waals surface area contributed by atoms with Crippen LogP contribution in [0.15, 0.2) is 58.1 Å². The van der Waals surface area contributed by atoms with E-state index in [9.17, 15) is 18.4 Å². The van der Waals surface area contributed by atoms with Gasteiger partial charge >= 0.3 is 0 Å². The molecule has 0 amide bonds. The fraction of sp³-hybridized carbons (Fsp3) is 0.0526. The summed E-state index contributed by atoms with van der Waals surface area (Å²) in [5.41, 5.74) is -0.0326.